The van der Waals surface area contributed by atoms with Crippen LogP contribution in [0.1, 0.15) is 26.5 Å². The first-order chi connectivity index (χ1) is 10.8. The molecular weight excluding hydrogens is 316 g/mol. The molecule has 0 spiro atoms. The van der Waals surface area contributed by atoms with Crippen LogP contribution in [0.4, 0.5) is 4.79 Å². The molecule has 3 heterocycles. The zero-order valence-electron chi connectivity index (χ0n) is 13.4. The highest BCUT2D eigenvalue weighted by molar-refractivity contribution is 6.29. The van der Waals surface area contributed by atoms with Gasteiger partial charge in [0, 0.05) is 12.1 Å². The molecule has 6 nitrogen and oxygen atoms in total. The molecule has 0 fully saturated rings. The van der Waals surface area contributed by atoms with Gasteiger partial charge in [0.25, 0.3) is 0 Å². The molecule has 2 aromatic rings. The van der Waals surface area contributed by atoms with E-state index in [1.165, 1.54) is 0 Å². The summed E-state index contributed by atoms with van der Waals surface area (Å²) in [5.41, 5.74) is 2.08. The van der Waals surface area contributed by atoms with E-state index in [4.69, 9.17) is 16.3 Å². The van der Waals surface area contributed by atoms with Gasteiger partial charge in [-0.15, -0.1) is 0 Å². The fourth-order valence-electron chi connectivity index (χ4n) is 2.50. The molecule has 7 heteroatoms. The van der Waals surface area contributed by atoms with Crippen LogP contribution in [0.15, 0.2) is 24.4 Å². The molecule has 0 N–H and O–H groups in total. The lowest BCUT2D eigenvalue weighted by atomic mass is 10.1. The minimum absolute atomic E-state index is 0.310. The lowest BCUT2D eigenvalue weighted by Crippen LogP contribution is -2.41. The Bertz CT molecular complexity index is 736. The first-order valence-corrected chi connectivity index (χ1v) is 7.87. The monoisotopic (exact) mass is 334 g/mol. The standard InChI is InChI=1S/C16H19ClN4O2/c1-16(2,3)23-15(22)20-7-8-21-13(10-20)11(9-18-21)12-5-4-6-14(17)19-12/h4-6,9H,7-8,10H2,1-3H3. The van der Waals surface area contributed by atoms with Crippen molar-refractivity contribution in [3.8, 4) is 11.3 Å². The summed E-state index contributed by atoms with van der Waals surface area (Å²) in [5.74, 6) is 0. The van der Waals surface area contributed by atoms with Crippen molar-refractivity contribution < 1.29 is 9.53 Å². The van der Waals surface area contributed by atoms with E-state index in [1.807, 2.05) is 37.6 Å². The molecule has 23 heavy (non-hydrogen) atoms. The van der Waals surface area contributed by atoms with Gasteiger partial charge in [-0.1, -0.05) is 17.7 Å². The number of rotatable bonds is 1. The Balaban J connectivity index is 1.86. The topological polar surface area (TPSA) is 60.2 Å². The van der Waals surface area contributed by atoms with E-state index in [2.05, 4.69) is 10.1 Å². The number of nitrogens with zero attached hydrogens (tertiary/aromatic N) is 4. The van der Waals surface area contributed by atoms with Crippen LogP contribution >= 0.6 is 11.6 Å². The van der Waals surface area contributed by atoms with Gasteiger partial charge in [-0.3, -0.25) is 4.68 Å². The minimum Gasteiger partial charge on any atom is -0.444 e. The predicted octanol–water partition coefficient (Wildman–Crippen LogP) is 3.35. The quantitative estimate of drug-likeness (QED) is 0.750. The normalized spacial score (nSPS) is 14.5. The van der Waals surface area contributed by atoms with Crippen LogP contribution in [0.3, 0.4) is 0 Å². The lowest BCUT2D eigenvalue weighted by Gasteiger charge is -2.30. The number of ether oxygens (including phenoxy) is 1. The van der Waals surface area contributed by atoms with Crippen molar-refractivity contribution in [3.63, 3.8) is 0 Å². The second-order valence-corrected chi connectivity index (χ2v) is 6.86. The number of fused-ring (bicyclic) bond motifs is 1. The summed E-state index contributed by atoms with van der Waals surface area (Å²) >= 11 is 5.97. The number of hydrogen-bond acceptors (Lipinski definition) is 4. The highest BCUT2D eigenvalue weighted by Gasteiger charge is 2.28. The Morgan fingerprint density at radius 1 is 1.30 bits per heavy atom. The molecule has 122 valence electrons. The number of halogens is 1. The molecule has 0 saturated carbocycles. The smallest absolute Gasteiger partial charge is 0.410 e. The number of carbonyl (C=O) groups excluding carboxylic acids is 1. The Hall–Kier alpha value is -2.08. The van der Waals surface area contributed by atoms with Crippen LogP contribution in [-0.4, -0.2) is 37.9 Å². The lowest BCUT2D eigenvalue weighted by molar-refractivity contribution is 0.0195. The average molecular weight is 335 g/mol. The van der Waals surface area contributed by atoms with E-state index >= 15 is 0 Å². The third kappa shape index (κ3) is 3.47. The van der Waals surface area contributed by atoms with Crippen LogP contribution in [0.2, 0.25) is 5.15 Å². The van der Waals surface area contributed by atoms with E-state index in [0.29, 0.717) is 24.8 Å². The molecule has 0 bridgehead atoms. The summed E-state index contributed by atoms with van der Waals surface area (Å²) in [6.45, 7) is 7.24. The number of carbonyl (C=O) groups is 1. The van der Waals surface area contributed by atoms with Gasteiger partial charge in [0.2, 0.25) is 0 Å². The molecular formula is C16H19ClN4O2. The molecule has 0 saturated heterocycles. The van der Waals surface area contributed by atoms with Crippen molar-refractivity contribution in [1.82, 2.24) is 19.7 Å². The molecule has 0 unspecified atom stereocenters. The first kappa shape index (κ1) is 15.8. The number of hydrogen-bond donors (Lipinski definition) is 0. The molecule has 1 amide bonds. The predicted molar refractivity (Wildman–Crippen MR) is 87.1 cm³/mol. The Morgan fingerprint density at radius 3 is 2.78 bits per heavy atom. The van der Waals surface area contributed by atoms with E-state index in [1.54, 1.807) is 17.2 Å². The molecule has 1 aliphatic heterocycles. The summed E-state index contributed by atoms with van der Waals surface area (Å²) in [7, 11) is 0. The summed E-state index contributed by atoms with van der Waals surface area (Å²) in [4.78, 5) is 18.3. The van der Waals surface area contributed by atoms with Crippen molar-refractivity contribution in [2.24, 2.45) is 0 Å². The number of pyridine rings is 1. The largest absolute Gasteiger partial charge is 0.444 e. The maximum absolute atomic E-state index is 12.3. The highest BCUT2D eigenvalue weighted by Crippen LogP contribution is 2.27. The van der Waals surface area contributed by atoms with E-state index in [0.717, 1.165) is 17.0 Å². The van der Waals surface area contributed by atoms with E-state index in [-0.39, 0.29) is 6.09 Å². The van der Waals surface area contributed by atoms with Crippen LogP contribution in [0.5, 0.6) is 0 Å². The first-order valence-electron chi connectivity index (χ1n) is 7.49. The van der Waals surface area contributed by atoms with Crippen molar-refractivity contribution in [3.05, 3.63) is 35.2 Å². The van der Waals surface area contributed by atoms with Crippen molar-refractivity contribution in [2.45, 2.75) is 39.5 Å². The maximum atomic E-state index is 12.3. The summed E-state index contributed by atoms with van der Waals surface area (Å²) < 4.78 is 7.36. The van der Waals surface area contributed by atoms with Gasteiger partial charge in [0.1, 0.15) is 10.8 Å². The van der Waals surface area contributed by atoms with Gasteiger partial charge < -0.3 is 9.64 Å². The molecule has 3 rings (SSSR count). The second kappa shape index (κ2) is 5.85. The van der Waals surface area contributed by atoms with E-state index < -0.39 is 5.60 Å². The van der Waals surface area contributed by atoms with Gasteiger partial charge in [-0.2, -0.15) is 5.10 Å². The Morgan fingerprint density at radius 2 is 2.09 bits per heavy atom. The van der Waals surface area contributed by atoms with Crippen molar-refractivity contribution in [2.75, 3.05) is 6.54 Å². The Labute approximate surface area is 140 Å². The molecule has 2 aromatic heterocycles. The molecule has 0 aromatic carbocycles. The fraction of sp³-hybridized carbons (Fsp3) is 0.438. The van der Waals surface area contributed by atoms with Gasteiger partial charge in [0.15, 0.2) is 0 Å². The van der Waals surface area contributed by atoms with Gasteiger partial charge >= 0.3 is 6.09 Å². The molecule has 0 radical (unpaired) electrons. The highest BCUT2D eigenvalue weighted by atomic mass is 35.5. The van der Waals surface area contributed by atoms with Crippen molar-refractivity contribution >= 4 is 17.7 Å². The SMILES string of the molecule is CC(C)(C)OC(=O)N1CCn2ncc(-c3cccc(Cl)n3)c2C1. The average Bonchev–Trinajstić information content (AvgIpc) is 2.88. The van der Waals surface area contributed by atoms with Gasteiger partial charge in [-0.25, -0.2) is 9.78 Å². The van der Waals surface area contributed by atoms with Crippen molar-refractivity contribution in [1.29, 1.82) is 0 Å². The summed E-state index contributed by atoms with van der Waals surface area (Å²) in [5, 5.41) is 4.82. The number of aromatic nitrogens is 3. The summed E-state index contributed by atoms with van der Waals surface area (Å²) in [6, 6.07) is 5.47. The van der Waals surface area contributed by atoms with Crippen LogP contribution in [-0.2, 0) is 17.8 Å². The van der Waals surface area contributed by atoms with Crippen LogP contribution in [0.25, 0.3) is 11.3 Å². The zero-order valence-corrected chi connectivity index (χ0v) is 14.2. The third-order valence-electron chi connectivity index (χ3n) is 3.51. The third-order valence-corrected chi connectivity index (χ3v) is 3.72. The van der Waals surface area contributed by atoms with Crippen LogP contribution < -0.4 is 0 Å². The molecule has 0 aliphatic carbocycles. The molecule has 1 aliphatic rings. The maximum Gasteiger partial charge on any atom is 0.410 e. The van der Waals surface area contributed by atoms with Crippen LogP contribution in [0, 0.1) is 0 Å². The van der Waals surface area contributed by atoms with Gasteiger partial charge in [0.05, 0.1) is 30.7 Å². The summed E-state index contributed by atoms with van der Waals surface area (Å²) in [6.07, 6.45) is 1.46. The minimum atomic E-state index is -0.508. The Kier molecular flexibility index (Phi) is 4.02. The fourth-order valence-corrected chi connectivity index (χ4v) is 2.66. The second-order valence-electron chi connectivity index (χ2n) is 6.48. The number of amides is 1. The van der Waals surface area contributed by atoms with E-state index in [9.17, 15) is 4.79 Å². The zero-order chi connectivity index (χ0) is 16.6. The van der Waals surface area contributed by atoms with Gasteiger partial charge in [-0.05, 0) is 32.9 Å². The molecule has 0 atom stereocenters.